The van der Waals surface area contributed by atoms with Crippen LogP contribution in [0.5, 0.6) is 0 Å². The molecule has 100 valence electrons. The number of hydrogen-bond acceptors (Lipinski definition) is 2. The Kier molecular flexibility index (Phi) is 3.46. The summed E-state index contributed by atoms with van der Waals surface area (Å²) in [5, 5.41) is 8.31. The molecule has 1 aromatic heterocycles. The van der Waals surface area contributed by atoms with Gasteiger partial charge in [-0.3, -0.25) is 0 Å². The van der Waals surface area contributed by atoms with Gasteiger partial charge in [0.25, 0.3) is 0 Å². The van der Waals surface area contributed by atoms with Crippen LogP contribution in [0.25, 0.3) is 5.69 Å². The second-order valence-electron chi connectivity index (χ2n) is 5.28. The van der Waals surface area contributed by atoms with Gasteiger partial charge in [0.1, 0.15) is 0 Å². The molecule has 0 aliphatic carbocycles. The lowest BCUT2D eigenvalue weighted by Gasteiger charge is -2.16. The molecule has 0 fully saturated rings. The zero-order chi connectivity index (χ0) is 13.4. The van der Waals surface area contributed by atoms with Crippen molar-refractivity contribution >= 4 is 15.9 Å². The van der Waals surface area contributed by atoms with Crippen molar-refractivity contribution in [3.8, 4) is 5.69 Å². The van der Waals surface area contributed by atoms with E-state index in [1.54, 1.807) is 0 Å². The maximum absolute atomic E-state index is 4.86. The number of hydrogen-bond donors (Lipinski definition) is 1. The van der Waals surface area contributed by atoms with Gasteiger partial charge < -0.3 is 5.32 Å². The highest BCUT2D eigenvalue weighted by atomic mass is 79.9. The molecule has 0 saturated carbocycles. The second kappa shape index (κ2) is 5.10. The van der Waals surface area contributed by atoms with Crippen LogP contribution < -0.4 is 5.32 Å². The van der Waals surface area contributed by atoms with Crippen molar-refractivity contribution in [2.24, 2.45) is 0 Å². The second-order valence-corrected chi connectivity index (χ2v) is 6.20. The van der Waals surface area contributed by atoms with E-state index in [0.29, 0.717) is 5.92 Å². The standard InChI is InChI=1S/C15H18BrN3/c1-10(2)15-13-9-17-7-6-14(13)19(18-15)12-5-3-4-11(16)8-12/h3-5,8,10,17H,6-7,9H2,1-2H3. The van der Waals surface area contributed by atoms with E-state index in [1.807, 2.05) is 6.07 Å². The molecule has 0 spiro atoms. The van der Waals surface area contributed by atoms with Crippen molar-refractivity contribution in [2.75, 3.05) is 6.54 Å². The molecule has 0 bridgehead atoms. The lowest BCUT2D eigenvalue weighted by Crippen LogP contribution is -2.25. The molecule has 1 aliphatic heterocycles. The SMILES string of the molecule is CC(C)c1nn(-c2cccc(Br)c2)c2c1CNCC2. The lowest BCUT2D eigenvalue weighted by molar-refractivity contribution is 0.620. The van der Waals surface area contributed by atoms with Crippen LogP contribution >= 0.6 is 15.9 Å². The fourth-order valence-corrected chi connectivity index (χ4v) is 3.05. The van der Waals surface area contributed by atoms with Gasteiger partial charge in [-0.15, -0.1) is 0 Å². The Balaban J connectivity index is 2.16. The van der Waals surface area contributed by atoms with Crippen LogP contribution in [-0.4, -0.2) is 16.3 Å². The Morgan fingerprint density at radius 1 is 1.37 bits per heavy atom. The summed E-state index contributed by atoms with van der Waals surface area (Å²) in [5.74, 6) is 0.460. The fourth-order valence-electron chi connectivity index (χ4n) is 2.66. The topological polar surface area (TPSA) is 29.9 Å². The summed E-state index contributed by atoms with van der Waals surface area (Å²) in [5.41, 5.74) is 5.11. The van der Waals surface area contributed by atoms with Gasteiger partial charge in [0.2, 0.25) is 0 Å². The molecule has 3 nitrogen and oxygen atoms in total. The van der Waals surface area contributed by atoms with Gasteiger partial charge in [0.15, 0.2) is 0 Å². The summed E-state index contributed by atoms with van der Waals surface area (Å²) in [6, 6.07) is 8.34. The summed E-state index contributed by atoms with van der Waals surface area (Å²) < 4.78 is 3.21. The third kappa shape index (κ3) is 2.35. The van der Waals surface area contributed by atoms with Gasteiger partial charge in [-0.25, -0.2) is 4.68 Å². The van der Waals surface area contributed by atoms with Crippen LogP contribution in [0.3, 0.4) is 0 Å². The number of nitrogens with zero attached hydrogens (tertiary/aromatic N) is 2. The zero-order valence-corrected chi connectivity index (χ0v) is 12.9. The Morgan fingerprint density at radius 2 is 2.21 bits per heavy atom. The van der Waals surface area contributed by atoms with Crippen LogP contribution in [0.2, 0.25) is 0 Å². The fraction of sp³-hybridized carbons (Fsp3) is 0.400. The van der Waals surface area contributed by atoms with Crippen molar-refractivity contribution in [3.63, 3.8) is 0 Å². The molecule has 3 rings (SSSR count). The number of benzene rings is 1. The Labute approximate surface area is 122 Å². The van der Waals surface area contributed by atoms with E-state index in [-0.39, 0.29) is 0 Å². The van der Waals surface area contributed by atoms with E-state index in [4.69, 9.17) is 5.10 Å². The summed E-state index contributed by atoms with van der Waals surface area (Å²) in [6.07, 6.45) is 1.04. The average molecular weight is 320 g/mol. The molecule has 1 N–H and O–H groups in total. The predicted octanol–water partition coefficient (Wildman–Crippen LogP) is 3.40. The first-order valence-corrected chi connectivity index (χ1v) is 7.53. The number of rotatable bonds is 2. The van der Waals surface area contributed by atoms with Gasteiger partial charge in [-0.05, 0) is 24.1 Å². The molecule has 0 saturated heterocycles. The van der Waals surface area contributed by atoms with E-state index in [2.05, 4.69) is 58.0 Å². The van der Waals surface area contributed by atoms with Gasteiger partial charge in [-0.2, -0.15) is 5.10 Å². The molecular formula is C15H18BrN3. The highest BCUT2D eigenvalue weighted by Crippen LogP contribution is 2.27. The maximum atomic E-state index is 4.86. The lowest BCUT2D eigenvalue weighted by atomic mass is 10.0. The van der Waals surface area contributed by atoms with Crippen molar-refractivity contribution in [1.82, 2.24) is 15.1 Å². The molecule has 4 heteroatoms. The minimum atomic E-state index is 0.460. The Bertz CT molecular complexity index is 601. The third-order valence-corrected chi connectivity index (χ3v) is 4.05. The molecule has 0 unspecified atom stereocenters. The summed E-state index contributed by atoms with van der Waals surface area (Å²) in [7, 11) is 0. The smallest absolute Gasteiger partial charge is 0.0702 e. The van der Waals surface area contributed by atoms with E-state index in [0.717, 1.165) is 29.7 Å². The first kappa shape index (κ1) is 12.9. The molecule has 2 heterocycles. The molecule has 1 aliphatic rings. The molecular weight excluding hydrogens is 302 g/mol. The van der Waals surface area contributed by atoms with Crippen LogP contribution in [0.4, 0.5) is 0 Å². The highest BCUT2D eigenvalue weighted by Gasteiger charge is 2.22. The highest BCUT2D eigenvalue weighted by molar-refractivity contribution is 9.10. The van der Waals surface area contributed by atoms with Crippen LogP contribution in [-0.2, 0) is 13.0 Å². The van der Waals surface area contributed by atoms with Gasteiger partial charge in [-0.1, -0.05) is 35.8 Å². The third-order valence-electron chi connectivity index (χ3n) is 3.56. The number of nitrogens with one attached hydrogen (secondary N) is 1. The van der Waals surface area contributed by atoms with Crippen LogP contribution in [0.15, 0.2) is 28.7 Å². The first-order chi connectivity index (χ1) is 9.16. The number of aromatic nitrogens is 2. The molecule has 1 aromatic carbocycles. The number of fused-ring (bicyclic) bond motifs is 1. The first-order valence-electron chi connectivity index (χ1n) is 6.74. The normalized spacial score (nSPS) is 14.7. The van der Waals surface area contributed by atoms with Crippen molar-refractivity contribution < 1.29 is 0 Å². The van der Waals surface area contributed by atoms with Crippen LogP contribution in [0.1, 0.15) is 36.7 Å². The molecule has 0 atom stereocenters. The Morgan fingerprint density at radius 3 is 2.95 bits per heavy atom. The van der Waals surface area contributed by atoms with Gasteiger partial charge in [0.05, 0.1) is 17.1 Å². The minimum absolute atomic E-state index is 0.460. The van der Waals surface area contributed by atoms with E-state index >= 15 is 0 Å². The van der Waals surface area contributed by atoms with Crippen molar-refractivity contribution in [3.05, 3.63) is 45.7 Å². The summed E-state index contributed by atoms with van der Waals surface area (Å²) in [4.78, 5) is 0. The Hall–Kier alpha value is -1.13. The minimum Gasteiger partial charge on any atom is -0.312 e. The predicted molar refractivity (Wildman–Crippen MR) is 80.8 cm³/mol. The quantitative estimate of drug-likeness (QED) is 0.919. The van der Waals surface area contributed by atoms with Gasteiger partial charge >= 0.3 is 0 Å². The molecule has 0 radical (unpaired) electrons. The van der Waals surface area contributed by atoms with Crippen LogP contribution in [0, 0.1) is 0 Å². The maximum Gasteiger partial charge on any atom is 0.0702 e. The molecule has 2 aromatic rings. The van der Waals surface area contributed by atoms with Crippen molar-refractivity contribution in [1.29, 1.82) is 0 Å². The van der Waals surface area contributed by atoms with E-state index in [9.17, 15) is 0 Å². The van der Waals surface area contributed by atoms with E-state index in [1.165, 1.54) is 17.0 Å². The van der Waals surface area contributed by atoms with E-state index < -0.39 is 0 Å². The largest absolute Gasteiger partial charge is 0.312 e. The zero-order valence-electron chi connectivity index (χ0n) is 11.3. The summed E-state index contributed by atoms with van der Waals surface area (Å²) in [6.45, 7) is 6.39. The monoisotopic (exact) mass is 319 g/mol. The van der Waals surface area contributed by atoms with Crippen molar-refractivity contribution in [2.45, 2.75) is 32.7 Å². The number of halogens is 1. The summed E-state index contributed by atoms with van der Waals surface area (Å²) >= 11 is 3.54. The van der Waals surface area contributed by atoms with Gasteiger partial charge in [0, 0.05) is 29.5 Å². The molecule has 0 amide bonds. The average Bonchev–Trinajstić information content (AvgIpc) is 2.78. The molecule has 19 heavy (non-hydrogen) atoms.